The summed E-state index contributed by atoms with van der Waals surface area (Å²) in [5.41, 5.74) is -0.568. The molecule has 0 aliphatic carbocycles. The number of piperidine rings is 2. The molecule has 7 nitrogen and oxygen atoms in total. The zero-order valence-corrected chi connectivity index (χ0v) is 24.1. The number of hydrogen-bond donors (Lipinski definition) is 2. The minimum Gasteiger partial charge on any atom is -0.353 e. The average Bonchev–Trinajstić information content (AvgIpc) is 2.67. The van der Waals surface area contributed by atoms with Crippen LogP contribution >= 0.6 is 0 Å². The van der Waals surface area contributed by atoms with Crippen LogP contribution in [0.15, 0.2) is 0 Å². The van der Waals surface area contributed by atoms with E-state index < -0.39 is 0 Å². The van der Waals surface area contributed by atoms with Crippen molar-refractivity contribution in [2.45, 2.75) is 148 Å². The molecule has 1 amide bonds. The van der Waals surface area contributed by atoms with Gasteiger partial charge >= 0.3 is 0 Å². The van der Waals surface area contributed by atoms with E-state index in [0.717, 1.165) is 25.7 Å². The van der Waals surface area contributed by atoms with Crippen LogP contribution in [0.2, 0.25) is 0 Å². The maximum Gasteiger partial charge on any atom is 0.224 e. The Morgan fingerprint density at radius 2 is 1.11 bits per heavy atom. The van der Waals surface area contributed by atoms with Gasteiger partial charge in [0.1, 0.15) is 0 Å². The molecule has 7 heteroatoms. The molecule has 2 aliphatic rings. The number of nitrogens with zero attached hydrogens (tertiary/aromatic N) is 4. The number of amides is 1. The van der Waals surface area contributed by atoms with Crippen molar-refractivity contribution in [3.8, 4) is 12.1 Å². The molecule has 35 heavy (non-hydrogen) atoms. The molecule has 2 rings (SSSR count). The standard InChI is InChI=1S/C28H50N6O/c1-19(18-31-22-12-25(4,5)33(20(2)16-29)26(6,7)13-22)24(35)32-23-14-27(8,9)34(21(3)17-30)28(10,11)15-23/h19-23,31H,12-15,18H2,1-11H3,(H,32,35). The number of hydrogen-bond acceptors (Lipinski definition) is 6. The van der Waals surface area contributed by atoms with E-state index in [0.29, 0.717) is 12.6 Å². The highest BCUT2D eigenvalue weighted by Crippen LogP contribution is 2.41. The number of nitrogens with one attached hydrogen (secondary N) is 2. The zero-order chi connectivity index (χ0) is 27.0. The number of carbonyl (C=O) groups is 1. The monoisotopic (exact) mass is 486 g/mol. The van der Waals surface area contributed by atoms with Crippen molar-refractivity contribution < 1.29 is 4.79 Å². The lowest BCUT2D eigenvalue weighted by molar-refractivity contribution is -0.127. The second kappa shape index (κ2) is 10.4. The molecule has 198 valence electrons. The molecule has 0 radical (unpaired) electrons. The lowest BCUT2D eigenvalue weighted by Gasteiger charge is -2.56. The Bertz CT molecular complexity index is 812. The van der Waals surface area contributed by atoms with E-state index in [9.17, 15) is 15.3 Å². The van der Waals surface area contributed by atoms with Crippen LogP contribution in [-0.4, -0.2) is 68.6 Å². The van der Waals surface area contributed by atoms with Gasteiger partial charge in [0.15, 0.2) is 0 Å². The van der Waals surface area contributed by atoms with Gasteiger partial charge in [-0.25, -0.2) is 0 Å². The largest absolute Gasteiger partial charge is 0.353 e. The lowest BCUT2D eigenvalue weighted by atomic mass is 9.75. The van der Waals surface area contributed by atoms with Gasteiger partial charge in [0.2, 0.25) is 5.91 Å². The summed E-state index contributed by atoms with van der Waals surface area (Å²) < 4.78 is 0. The Kier molecular flexibility index (Phi) is 8.75. The van der Waals surface area contributed by atoms with Crippen molar-refractivity contribution in [2.24, 2.45) is 5.92 Å². The maximum atomic E-state index is 13.2. The van der Waals surface area contributed by atoms with Gasteiger partial charge in [0, 0.05) is 46.7 Å². The maximum absolute atomic E-state index is 13.2. The van der Waals surface area contributed by atoms with Crippen molar-refractivity contribution in [3.63, 3.8) is 0 Å². The van der Waals surface area contributed by atoms with Crippen LogP contribution in [0.3, 0.4) is 0 Å². The van der Waals surface area contributed by atoms with Gasteiger partial charge in [-0.15, -0.1) is 0 Å². The summed E-state index contributed by atoms with van der Waals surface area (Å²) in [5, 5.41) is 26.1. The first kappa shape index (κ1) is 29.6. The number of carbonyl (C=O) groups excluding carboxylic acids is 1. The summed E-state index contributed by atoms with van der Waals surface area (Å²) in [4.78, 5) is 17.8. The minimum absolute atomic E-state index is 0.0879. The van der Waals surface area contributed by atoms with E-state index in [1.54, 1.807) is 0 Å². The van der Waals surface area contributed by atoms with Crippen LogP contribution in [0.25, 0.3) is 0 Å². The van der Waals surface area contributed by atoms with Crippen LogP contribution < -0.4 is 10.6 Å². The summed E-state index contributed by atoms with van der Waals surface area (Å²) in [5.74, 6) is -0.0514. The SMILES string of the molecule is CC(CNC1CC(C)(C)N(C(C)C#N)C(C)(C)C1)C(=O)NC1CC(C)(C)N(C(C)C#N)C(C)(C)C1. The van der Waals surface area contributed by atoms with Crippen LogP contribution in [0.4, 0.5) is 0 Å². The summed E-state index contributed by atoms with van der Waals surface area (Å²) in [6, 6.07) is 4.90. The van der Waals surface area contributed by atoms with Gasteiger partial charge in [0.05, 0.1) is 24.2 Å². The van der Waals surface area contributed by atoms with E-state index in [1.807, 2.05) is 20.8 Å². The molecule has 0 aromatic rings. The van der Waals surface area contributed by atoms with Crippen molar-refractivity contribution in [3.05, 3.63) is 0 Å². The quantitative estimate of drug-likeness (QED) is 0.560. The summed E-state index contributed by atoms with van der Waals surface area (Å²) in [6.07, 6.45) is 3.53. The number of rotatable bonds is 7. The highest BCUT2D eigenvalue weighted by atomic mass is 16.2. The third-order valence-electron chi connectivity index (χ3n) is 8.25. The molecule has 2 saturated heterocycles. The van der Waals surface area contributed by atoms with E-state index in [2.05, 4.69) is 88.0 Å². The first-order valence-corrected chi connectivity index (χ1v) is 13.3. The van der Waals surface area contributed by atoms with Gasteiger partial charge in [0.25, 0.3) is 0 Å². The van der Waals surface area contributed by atoms with E-state index in [4.69, 9.17) is 0 Å². The second-order valence-corrected chi connectivity index (χ2v) is 13.6. The summed E-state index contributed by atoms with van der Waals surface area (Å²) >= 11 is 0. The Morgan fingerprint density at radius 1 is 0.771 bits per heavy atom. The highest BCUT2D eigenvalue weighted by Gasteiger charge is 2.49. The normalized spacial score (nSPS) is 27.2. The molecule has 3 unspecified atom stereocenters. The van der Waals surface area contributed by atoms with Gasteiger partial charge in [-0.3, -0.25) is 14.6 Å². The molecule has 0 spiro atoms. The van der Waals surface area contributed by atoms with Crippen LogP contribution in [0.5, 0.6) is 0 Å². The molecule has 2 aliphatic heterocycles. The molecule has 0 bridgehead atoms. The van der Waals surface area contributed by atoms with Crippen molar-refractivity contribution in [1.82, 2.24) is 20.4 Å². The third-order valence-corrected chi connectivity index (χ3v) is 8.25. The Morgan fingerprint density at radius 3 is 1.46 bits per heavy atom. The topological polar surface area (TPSA) is 95.2 Å². The van der Waals surface area contributed by atoms with Crippen LogP contribution in [0.1, 0.15) is 102 Å². The first-order valence-electron chi connectivity index (χ1n) is 13.3. The molecule has 0 aromatic heterocycles. The molecule has 2 fully saturated rings. The molecule has 2 N–H and O–H groups in total. The second-order valence-electron chi connectivity index (χ2n) is 13.6. The Hall–Kier alpha value is -1.67. The first-order chi connectivity index (χ1) is 15.9. The molecule has 2 heterocycles. The van der Waals surface area contributed by atoms with Crippen LogP contribution in [0, 0.1) is 28.6 Å². The number of likely N-dealkylation sites (tertiary alicyclic amines) is 2. The third kappa shape index (κ3) is 6.56. The van der Waals surface area contributed by atoms with Crippen molar-refractivity contribution >= 4 is 5.91 Å². The van der Waals surface area contributed by atoms with Gasteiger partial charge in [-0.1, -0.05) is 6.92 Å². The summed E-state index contributed by atoms with van der Waals surface area (Å²) in [6.45, 7) is 24.1. The Balaban J connectivity index is 1.98. The van der Waals surface area contributed by atoms with E-state index in [-0.39, 0.29) is 52.1 Å². The van der Waals surface area contributed by atoms with E-state index >= 15 is 0 Å². The smallest absolute Gasteiger partial charge is 0.224 e. The van der Waals surface area contributed by atoms with Gasteiger partial charge in [-0.05, 0) is 94.9 Å². The summed E-state index contributed by atoms with van der Waals surface area (Å²) in [7, 11) is 0. The predicted molar refractivity (Wildman–Crippen MR) is 141 cm³/mol. The fourth-order valence-corrected chi connectivity index (χ4v) is 7.83. The highest BCUT2D eigenvalue weighted by molar-refractivity contribution is 5.78. The minimum atomic E-state index is -0.179. The van der Waals surface area contributed by atoms with Gasteiger partial charge in [-0.2, -0.15) is 10.5 Å². The lowest BCUT2D eigenvalue weighted by Crippen LogP contribution is -2.67. The Labute approximate surface area is 214 Å². The van der Waals surface area contributed by atoms with Crippen LogP contribution in [-0.2, 0) is 4.79 Å². The molecule has 0 saturated carbocycles. The number of nitriles is 2. The van der Waals surface area contributed by atoms with Crippen molar-refractivity contribution in [2.75, 3.05) is 6.54 Å². The fourth-order valence-electron chi connectivity index (χ4n) is 7.83. The van der Waals surface area contributed by atoms with Crippen molar-refractivity contribution in [1.29, 1.82) is 10.5 Å². The molecular formula is C28H50N6O. The predicted octanol–water partition coefficient (Wildman–Crippen LogP) is 4.20. The zero-order valence-electron chi connectivity index (χ0n) is 24.1. The molecule has 0 aromatic carbocycles. The molecular weight excluding hydrogens is 436 g/mol. The van der Waals surface area contributed by atoms with E-state index in [1.165, 1.54) is 0 Å². The van der Waals surface area contributed by atoms with Gasteiger partial charge < -0.3 is 10.6 Å². The average molecular weight is 487 g/mol. The fraction of sp³-hybridized carbons (Fsp3) is 0.893. The molecule has 3 atom stereocenters.